The van der Waals surface area contributed by atoms with Gasteiger partial charge in [-0.15, -0.1) is 0 Å². The number of hydrogen-bond acceptors (Lipinski definition) is 2. The Hall–Kier alpha value is -1.07. The molecule has 0 spiro atoms. The standard InChI is InChI=1S/C13H18F3NO/c1-17-9-11-3-5-12(6-4-11)10-18-8-2-7-13(14,15)16/h3-6,17H,2,7-10H2,1H3. The molecule has 0 saturated carbocycles. The van der Waals surface area contributed by atoms with E-state index in [0.29, 0.717) is 6.61 Å². The van der Waals surface area contributed by atoms with Crippen LogP contribution in [0.15, 0.2) is 24.3 Å². The summed E-state index contributed by atoms with van der Waals surface area (Å²) in [5, 5.41) is 3.04. The normalized spacial score (nSPS) is 11.8. The third kappa shape index (κ3) is 6.61. The molecule has 0 fully saturated rings. The van der Waals surface area contributed by atoms with Gasteiger partial charge in [0.25, 0.3) is 0 Å². The molecular weight excluding hydrogens is 243 g/mol. The first-order valence-corrected chi connectivity index (χ1v) is 5.88. The molecule has 0 aromatic heterocycles. The fourth-order valence-corrected chi connectivity index (χ4v) is 1.52. The molecule has 0 radical (unpaired) electrons. The number of nitrogens with one attached hydrogen (secondary N) is 1. The summed E-state index contributed by atoms with van der Waals surface area (Å²) in [5.74, 6) is 0. The van der Waals surface area contributed by atoms with Gasteiger partial charge in [-0.3, -0.25) is 0 Å². The lowest BCUT2D eigenvalue weighted by molar-refractivity contribution is -0.138. The molecule has 1 rings (SSSR count). The Kier molecular flexibility index (Phi) is 6.15. The Labute approximate surface area is 105 Å². The molecule has 1 N–H and O–H groups in total. The van der Waals surface area contributed by atoms with Gasteiger partial charge in [0.05, 0.1) is 6.61 Å². The van der Waals surface area contributed by atoms with Crippen LogP contribution in [0.1, 0.15) is 24.0 Å². The second kappa shape index (κ2) is 7.38. The number of rotatable bonds is 7. The molecule has 0 unspecified atom stereocenters. The van der Waals surface area contributed by atoms with Crippen LogP contribution in [0.3, 0.4) is 0 Å². The predicted octanol–water partition coefficient (Wildman–Crippen LogP) is 3.27. The molecule has 0 amide bonds. The van der Waals surface area contributed by atoms with Crippen molar-refractivity contribution in [3.8, 4) is 0 Å². The Bertz CT molecular complexity index is 335. The summed E-state index contributed by atoms with van der Waals surface area (Å²) < 4.78 is 40.8. The molecule has 5 heteroatoms. The minimum atomic E-state index is -4.09. The second-order valence-electron chi connectivity index (χ2n) is 4.12. The topological polar surface area (TPSA) is 21.3 Å². The maximum atomic E-state index is 11.9. The third-order valence-electron chi connectivity index (χ3n) is 2.42. The molecule has 1 aromatic carbocycles. The molecule has 1 aromatic rings. The van der Waals surface area contributed by atoms with Crippen molar-refractivity contribution in [3.63, 3.8) is 0 Å². The number of halogens is 3. The number of alkyl halides is 3. The van der Waals surface area contributed by atoms with Gasteiger partial charge in [-0.2, -0.15) is 13.2 Å². The summed E-state index contributed by atoms with van der Waals surface area (Å²) in [7, 11) is 1.87. The Morgan fingerprint density at radius 2 is 1.72 bits per heavy atom. The highest BCUT2D eigenvalue weighted by Crippen LogP contribution is 2.21. The van der Waals surface area contributed by atoms with E-state index in [1.165, 1.54) is 5.56 Å². The van der Waals surface area contributed by atoms with Crippen molar-refractivity contribution in [3.05, 3.63) is 35.4 Å². The van der Waals surface area contributed by atoms with Gasteiger partial charge in [-0.25, -0.2) is 0 Å². The van der Waals surface area contributed by atoms with E-state index in [2.05, 4.69) is 5.32 Å². The van der Waals surface area contributed by atoms with Gasteiger partial charge in [0.15, 0.2) is 0 Å². The van der Waals surface area contributed by atoms with Gasteiger partial charge >= 0.3 is 6.18 Å². The molecule has 0 aliphatic rings. The molecular formula is C13H18F3NO. The average Bonchev–Trinajstić information content (AvgIpc) is 2.30. The Morgan fingerprint density at radius 1 is 1.11 bits per heavy atom. The molecule has 0 heterocycles. The molecule has 0 bridgehead atoms. The van der Waals surface area contributed by atoms with Crippen LogP contribution in [0.4, 0.5) is 13.2 Å². The van der Waals surface area contributed by atoms with Crippen molar-refractivity contribution in [2.45, 2.75) is 32.2 Å². The zero-order chi connectivity index (χ0) is 13.4. The lowest BCUT2D eigenvalue weighted by Gasteiger charge is -2.07. The highest BCUT2D eigenvalue weighted by molar-refractivity contribution is 5.21. The van der Waals surface area contributed by atoms with E-state index < -0.39 is 12.6 Å². The van der Waals surface area contributed by atoms with Crippen LogP contribution >= 0.6 is 0 Å². The van der Waals surface area contributed by atoms with Crippen molar-refractivity contribution in [1.82, 2.24) is 5.32 Å². The van der Waals surface area contributed by atoms with Crippen molar-refractivity contribution < 1.29 is 17.9 Å². The first-order chi connectivity index (χ1) is 8.51. The van der Waals surface area contributed by atoms with Gasteiger partial charge in [0, 0.05) is 19.6 Å². The summed E-state index contributed by atoms with van der Waals surface area (Å²) in [5.41, 5.74) is 2.14. The zero-order valence-corrected chi connectivity index (χ0v) is 10.4. The molecule has 0 atom stereocenters. The quantitative estimate of drug-likeness (QED) is 0.761. The van der Waals surface area contributed by atoms with Crippen LogP contribution in [0.5, 0.6) is 0 Å². The SMILES string of the molecule is CNCc1ccc(COCCCC(F)(F)F)cc1. The second-order valence-corrected chi connectivity index (χ2v) is 4.12. The van der Waals surface area contributed by atoms with Crippen LogP contribution in [-0.2, 0) is 17.9 Å². The van der Waals surface area contributed by atoms with Gasteiger partial charge in [-0.1, -0.05) is 24.3 Å². The predicted molar refractivity (Wildman–Crippen MR) is 64.2 cm³/mol. The van der Waals surface area contributed by atoms with Gasteiger partial charge in [0.1, 0.15) is 0 Å². The molecule has 18 heavy (non-hydrogen) atoms. The lowest BCUT2D eigenvalue weighted by Crippen LogP contribution is -2.08. The summed E-state index contributed by atoms with van der Waals surface area (Å²) in [6, 6.07) is 7.81. The summed E-state index contributed by atoms with van der Waals surface area (Å²) in [6.07, 6.45) is -4.85. The Morgan fingerprint density at radius 3 is 2.28 bits per heavy atom. The Balaban J connectivity index is 2.19. The third-order valence-corrected chi connectivity index (χ3v) is 2.42. The molecule has 2 nitrogen and oxygen atoms in total. The summed E-state index contributed by atoms with van der Waals surface area (Å²) in [6.45, 7) is 1.29. The van der Waals surface area contributed by atoms with Crippen molar-refractivity contribution in [2.75, 3.05) is 13.7 Å². The maximum absolute atomic E-state index is 11.9. The van der Waals surface area contributed by atoms with E-state index in [4.69, 9.17) is 4.74 Å². The fourth-order valence-electron chi connectivity index (χ4n) is 1.52. The van der Waals surface area contributed by atoms with Crippen molar-refractivity contribution >= 4 is 0 Å². The lowest BCUT2D eigenvalue weighted by atomic mass is 10.1. The van der Waals surface area contributed by atoms with E-state index in [9.17, 15) is 13.2 Å². The largest absolute Gasteiger partial charge is 0.389 e. The number of benzene rings is 1. The van der Waals surface area contributed by atoms with Crippen LogP contribution in [-0.4, -0.2) is 19.8 Å². The van der Waals surface area contributed by atoms with E-state index in [1.54, 1.807) is 0 Å². The minimum absolute atomic E-state index is 0.0152. The summed E-state index contributed by atoms with van der Waals surface area (Å²) >= 11 is 0. The van der Waals surface area contributed by atoms with E-state index in [0.717, 1.165) is 12.1 Å². The van der Waals surface area contributed by atoms with E-state index in [1.807, 2.05) is 31.3 Å². The smallest absolute Gasteiger partial charge is 0.377 e. The molecule has 102 valence electrons. The zero-order valence-electron chi connectivity index (χ0n) is 10.4. The summed E-state index contributed by atoms with van der Waals surface area (Å²) in [4.78, 5) is 0. The average molecular weight is 261 g/mol. The monoisotopic (exact) mass is 261 g/mol. The highest BCUT2D eigenvalue weighted by Gasteiger charge is 2.25. The maximum Gasteiger partial charge on any atom is 0.389 e. The van der Waals surface area contributed by atoms with Gasteiger partial charge in [-0.05, 0) is 24.6 Å². The van der Waals surface area contributed by atoms with E-state index in [-0.39, 0.29) is 13.0 Å². The van der Waals surface area contributed by atoms with Gasteiger partial charge in [0.2, 0.25) is 0 Å². The van der Waals surface area contributed by atoms with Crippen LogP contribution in [0, 0.1) is 0 Å². The van der Waals surface area contributed by atoms with Gasteiger partial charge < -0.3 is 10.1 Å². The molecule has 0 aliphatic heterocycles. The first-order valence-electron chi connectivity index (χ1n) is 5.88. The molecule has 0 aliphatic carbocycles. The van der Waals surface area contributed by atoms with Crippen LogP contribution < -0.4 is 5.32 Å². The fraction of sp³-hybridized carbons (Fsp3) is 0.538. The minimum Gasteiger partial charge on any atom is -0.377 e. The van der Waals surface area contributed by atoms with Crippen molar-refractivity contribution in [2.24, 2.45) is 0 Å². The number of hydrogen-bond donors (Lipinski definition) is 1. The molecule has 0 saturated heterocycles. The first kappa shape index (κ1) is 15.0. The van der Waals surface area contributed by atoms with Crippen molar-refractivity contribution in [1.29, 1.82) is 0 Å². The van der Waals surface area contributed by atoms with Crippen LogP contribution in [0.25, 0.3) is 0 Å². The number of ether oxygens (including phenoxy) is 1. The highest BCUT2D eigenvalue weighted by atomic mass is 19.4. The van der Waals surface area contributed by atoms with E-state index >= 15 is 0 Å². The van der Waals surface area contributed by atoms with Crippen LogP contribution in [0.2, 0.25) is 0 Å².